The van der Waals surface area contributed by atoms with Crippen molar-refractivity contribution in [3.8, 4) is 0 Å². The molecule has 2 aromatic heterocycles. The minimum atomic E-state index is -1.08. The summed E-state index contributed by atoms with van der Waals surface area (Å²) in [5.74, 6) is -1.47. The molecule has 2 heterocycles. The molecule has 0 bridgehead atoms. The van der Waals surface area contributed by atoms with Gasteiger partial charge in [0, 0.05) is 29.9 Å². The topological polar surface area (TPSA) is 130 Å². The van der Waals surface area contributed by atoms with E-state index < -0.39 is 11.9 Å². The van der Waals surface area contributed by atoms with Crippen molar-refractivity contribution in [3.63, 3.8) is 0 Å². The molecule has 3 aromatic rings. The Morgan fingerprint density at radius 1 is 0.800 bits per heavy atom. The van der Waals surface area contributed by atoms with Crippen LogP contribution in [0.3, 0.4) is 0 Å². The average Bonchev–Trinajstić information content (AvgIpc) is 2.70. The largest absolute Gasteiger partial charge is 2.00 e. The fourth-order valence-electron chi connectivity index (χ4n) is 1.91. The number of rotatable bonds is 4. The number of aromatic nitrogens is 2. The molecule has 8 nitrogen and oxygen atoms in total. The second-order valence-corrected chi connectivity index (χ2v) is 5.35. The number of hydrogen-bond donors (Lipinski definition) is 1. The Balaban J connectivity index is 0.000000808. The number of carbonyl (C=O) groups is 2. The Morgan fingerprint density at radius 2 is 1.30 bits per heavy atom. The number of nitrogens with one attached hydrogen (secondary N) is 1. The van der Waals surface area contributed by atoms with Crippen LogP contribution in [0.2, 0.25) is 0 Å². The average molecular weight is 447 g/mol. The molecule has 1 N–H and O–H groups in total. The van der Waals surface area contributed by atoms with Crippen molar-refractivity contribution < 1.29 is 36.9 Å². The van der Waals surface area contributed by atoms with Gasteiger partial charge in [-0.15, -0.1) is 0 Å². The minimum Gasteiger partial charge on any atom is -0.550 e. The van der Waals surface area contributed by atoms with Gasteiger partial charge in [-0.2, -0.15) is 5.10 Å². The predicted octanol–water partition coefficient (Wildman–Crippen LogP) is 0.851. The SMILES string of the molecule is CC(=O)[O-].CC(=O)[O-].[Mn+2].c1ccc(/C(=N\Nc2ccccn2)c2ccccn2)cc1. The number of pyridine rings is 2. The summed E-state index contributed by atoms with van der Waals surface area (Å²) < 4.78 is 0. The molecular weight excluding hydrogens is 427 g/mol. The summed E-state index contributed by atoms with van der Waals surface area (Å²) in [6.45, 7) is 1.94. The van der Waals surface area contributed by atoms with Crippen molar-refractivity contribution >= 4 is 23.5 Å². The molecule has 3 rings (SSSR count). The molecule has 0 amide bonds. The Morgan fingerprint density at radius 3 is 1.77 bits per heavy atom. The van der Waals surface area contributed by atoms with Crippen LogP contribution in [0.25, 0.3) is 0 Å². The number of benzene rings is 1. The second kappa shape index (κ2) is 15.4. The van der Waals surface area contributed by atoms with E-state index >= 15 is 0 Å². The summed E-state index contributed by atoms with van der Waals surface area (Å²) in [5, 5.41) is 22.3. The summed E-state index contributed by atoms with van der Waals surface area (Å²) in [4.78, 5) is 26.4. The second-order valence-electron chi connectivity index (χ2n) is 5.35. The van der Waals surface area contributed by atoms with Crippen LogP contribution >= 0.6 is 0 Å². The molecule has 0 fully saturated rings. The van der Waals surface area contributed by atoms with E-state index in [1.807, 2.05) is 66.7 Å². The van der Waals surface area contributed by atoms with Gasteiger partial charge in [0.25, 0.3) is 0 Å². The smallest absolute Gasteiger partial charge is 0.550 e. The maximum absolute atomic E-state index is 8.89. The predicted molar refractivity (Wildman–Crippen MR) is 106 cm³/mol. The van der Waals surface area contributed by atoms with Gasteiger partial charge in [-0.25, -0.2) is 4.98 Å². The van der Waals surface area contributed by atoms with E-state index in [1.54, 1.807) is 12.4 Å². The van der Waals surface area contributed by atoms with E-state index in [0.717, 1.165) is 30.8 Å². The van der Waals surface area contributed by atoms with E-state index in [-0.39, 0.29) is 17.1 Å². The van der Waals surface area contributed by atoms with Gasteiger partial charge in [-0.3, -0.25) is 10.4 Å². The number of carbonyl (C=O) groups excluding carboxylic acids is 2. The van der Waals surface area contributed by atoms with Crippen molar-refractivity contribution in [1.82, 2.24) is 9.97 Å². The zero-order valence-electron chi connectivity index (χ0n) is 16.4. The van der Waals surface area contributed by atoms with Crippen LogP contribution in [0.1, 0.15) is 25.1 Å². The number of carboxylic acids is 2. The van der Waals surface area contributed by atoms with Crippen LogP contribution in [0, 0.1) is 0 Å². The van der Waals surface area contributed by atoms with Crippen molar-refractivity contribution in [2.75, 3.05) is 5.43 Å². The summed E-state index contributed by atoms with van der Waals surface area (Å²) in [7, 11) is 0. The fraction of sp³-hybridized carbons (Fsp3) is 0.0952. The molecule has 0 aliphatic carbocycles. The molecule has 155 valence electrons. The summed E-state index contributed by atoms with van der Waals surface area (Å²) in [5.41, 5.74) is 5.57. The third-order valence-corrected chi connectivity index (χ3v) is 2.90. The molecule has 0 unspecified atom stereocenters. The van der Waals surface area contributed by atoms with Crippen LogP contribution in [-0.2, 0) is 26.7 Å². The first-order chi connectivity index (χ1) is 13.9. The van der Waals surface area contributed by atoms with Gasteiger partial charge in [0.1, 0.15) is 11.5 Å². The first kappa shape index (κ1) is 26.4. The Kier molecular flexibility index (Phi) is 13.6. The zero-order chi connectivity index (χ0) is 21.5. The quantitative estimate of drug-likeness (QED) is 0.356. The molecule has 0 spiro atoms. The number of carboxylic acid groups (broad SMARTS) is 2. The van der Waals surface area contributed by atoms with Crippen molar-refractivity contribution in [2.24, 2.45) is 5.10 Å². The molecule has 0 aliphatic heterocycles. The third kappa shape index (κ3) is 12.0. The van der Waals surface area contributed by atoms with Gasteiger partial charge >= 0.3 is 17.1 Å². The van der Waals surface area contributed by atoms with Crippen molar-refractivity contribution in [1.29, 1.82) is 0 Å². The summed E-state index contributed by atoms with van der Waals surface area (Å²) >= 11 is 0. The number of nitrogens with zero attached hydrogens (tertiary/aromatic N) is 3. The normalized spacial score (nSPS) is 9.47. The van der Waals surface area contributed by atoms with Gasteiger partial charge in [-0.05, 0) is 38.1 Å². The van der Waals surface area contributed by atoms with Gasteiger partial charge in [0.05, 0.1) is 5.69 Å². The standard InChI is InChI=1S/C17H14N4.2C2H4O2.Mn/c1-2-8-14(9-3-1)17(15-10-4-6-12-18-15)21-20-16-11-5-7-13-19-16;2*1-2(3)4;/h1-13H,(H,19,20);2*1H3,(H,3,4);/q;;;+2/p-2/b21-17+;;;. The third-order valence-electron chi connectivity index (χ3n) is 2.90. The number of hydrazone groups is 1. The van der Waals surface area contributed by atoms with Crippen molar-refractivity contribution in [3.05, 3.63) is 90.4 Å². The van der Waals surface area contributed by atoms with Crippen LogP contribution in [0.5, 0.6) is 0 Å². The first-order valence-corrected chi connectivity index (χ1v) is 8.47. The number of hydrogen-bond acceptors (Lipinski definition) is 8. The van der Waals surface area contributed by atoms with Crippen LogP contribution < -0.4 is 15.6 Å². The molecular formula is C21H20MnN4O4. The molecule has 9 heteroatoms. The van der Waals surface area contributed by atoms with Crippen LogP contribution in [0.4, 0.5) is 5.82 Å². The maximum atomic E-state index is 8.89. The molecule has 1 aromatic carbocycles. The number of aliphatic carboxylic acids is 2. The maximum Gasteiger partial charge on any atom is 2.00 e. The van der Waals surface area contributed by atoms with E-state index in [0.29, 0.717) is 5.82 Å². The van der Waals surface area contributed by atoms with Crippen molar-refractivity contribution in [2.45, 2.75) is 13.8 Å². The fourth-order valence-corrected chi connectivity index (χ4v) is 1.91. The Hall–Kier alpha value is -3.55. The summed E-state index contributed by atoms with van der Waals surface area (Å²) in [6.07, 6.45) is 3.48. The molecule has 1 radical (unpaired) electrons. The Bertz CT molecular complexity index is 847. The van der Waals surface area contributed by atoms with Gasteiger partial charge in [-0.1, -0.05) is 42.5 Å². The monoisotopic (exact) mass is 447 g/mol. The van der Waals surface area contributed by atoms with Crippen LogP contribution in [-0.4, -0.2) is 27.6 Å². The zero-order valence-corrected chi connectivity index (χ0v) is 17.5. The van der Waals surface area contributed by atoms with Gasteiger partial charge in [0.2, 0.25) is 0 Å². The molecule has 0 saturated carbocycles. The molecule has 30 heavy (non-hydrogen) atoms. The van der Waals surface area contributed by atoms with Gasteiger partial charge < -0.3 is 19.8 Å². The first-order valence-electron chi connectivity index (χ1n) is 8.47. The molecule has 0 aliphatic rings. The molecule has 0 atom stereocenters. The van der Waals surface area contributed by atoms with E-state index in [9.17, 15) is 0 Å². The van der Waals surface area contributed by atoms with Gasteiger partial charge in [0.15, 0.2) is 0 Å². The minimum absolute atomic E-state index is 0. The Labute approximate surface area is 185 Å². The summed E-state index contributed by atoms with van der Waals surface area (Å²) in [6, 6.07) is 21.4. The number of anilines is 1. The van der Waals surface area contributed by atoms with E-state index in [2.05, 4.69) is 20.5 Å². The van der Waals surface area contributed by atoms with E-state index in [1.165, 1.54) is 0 Å². The van der Waals surface area contributed by atoms with E-state index in [4.69, 9.17) is 19.8 Å². The van der Waals surface area contributed by atoms with Crippen LogP contribution in [0.15, 0.2) is 84.2 Å². The molecule has 0 saturated heterocycles.